The lowest BCUT2D eigenvalue weighted by Crippen LogP contribution is -2.29. The molecule has 4 nitrogen and oxygen atoms in total. The number of rotatable bonds is 3. The largest absolute Gasteiger partial charge is 0.507 e. The SMILES string of the molecule is O=C(NCC1=CCNCC1)c1cc(Br)ccc1O. The molecule has 5 heteroatoms. The van der Waals surface area contributed by atoms with E-state index in [1.54, 1.807) is 12.1 Å². The van der Waals surface area contributed by atoms with E-state index in [4.69, 9.17) is 0 Å². The zero-order valence-electron chi connectivity index (χ0n) is 9.87. The highest BCUT2D eigenvalue weighted by Crippen LogP contribution is 2.21. The highest BCUT2D eigenvalue weighted by Gasteiger charge is 2.12. The van der Waals surface area contributed by atoms with Crippen molar-refractivity contribution in [1.82, 2.24) is 10.6 Å². The fraction of sp³-hybridized carbons (Fsp3) is 0.308. The summed E-state index contributed by atoms with van der Waals surface area (Å²) in [6, 6.07) is 4.81. The second-order valence-corrected chi connectivity index (χ2v) is 5.08. The minimum absolute atomic E-state index is 0.00464. The van der Waals surface area contributed by atoms with Crippen molar-refractivity contribution in [3.05, 3.63) is 39.9 Å². The summed E-state index contributed by atoms with van der Waals surface area (Å²) >= 11 is 3.28. The Bertz CT molecular complexity index is 486. The molecule has 0 radical (unpaired) electrons. The van der Waals surface area contributed by atoms with Crippen molar-refractivity contribution in [2.24, 2.45) is 0 Å². The summed E-state index contributed by atoms with van der Waals surface area (Å²) in [5.74, 6) is -0.261. The van der Waals surface area contributed by atoms with Crippen LogP contribution in [0.4, 0.5) is 0 Å². The number of halogens is 1. The van der Waals surface area contributed by atoms with Crippen LogP contribution in [0.25, 0.3) is 0 Å². The summed E-state index contributed by atoms with van der Waals surface area (Å²) < 4.78 is 0.770. The molecule has 0 atom stereocenters. The lowest BCUT2D eigenvalue weighted by molar-refractivity contribution is 0.0954. The summed E-state index contributed by atoms with van der Waals surface area (Å²) in [6.45, 7) is 2.34. The Labute approximate surface area is 114 Å². The molecule has 0 fully saturated rings. The molecule has 0 saturated heterocycles. The van der Waals surface area contributed by atoms with Gasteiger partial charge in [0, 0.05) is 17.6 Å². The number of carbonyl (C=O) groups excluding carboxylic acids is 1. The summed E-state index contributed by atoms with van der Waals surface area (Å²) in [5.41, 5.74) is 1.51. The normalized spacial score (nSPS) is 15.1. The fourth-order valence-electron chi connectivity index (χ4n) is 1.81. The van der Waals surface area contributed by atoms with Gasteiger partial charge in [0.05, 0.1) is 5.56 Å². The standard InChI is InChI=1S/C13H15BrN2O2/c14-10-1-2-12(17)11(7-10)13(18)16-8-9-3-5-15-6-4-9/h1-3,7,15,17H,4-6,8H2,(H,16,18). The lowest BCUT2D eigenvalue weighted by atomic mass is 10.1. The van der Waals surface area contributed by atoms with Gasteiger partial charge in [0.2, 0.25) is 0 Å². The van der Waals surface area contributed by atoms with E-state index in [1.165, 1.54) is 11.6 Å². The maximum Gasteiger partial charge on any atom is 0.255 e. The molecule has 18 heavy (non-hydrogen) atoms. The van der Waals surface area contributed by atoms with Gasteiger partial charge in [-0.05, 0) is 31.2 Å². The first-order valence-corrected chi connectivity index (χ1v) is 6.61. The van der Waals surface area contributed by atoms with Crippen molar-refractivity contribution in [2.45, 2.75) is 6.42 Å². The van der Waals surface area contributed by atoms with Crippen LogP contribution in [0.2, 0.25) is 0 Å². The molecule has 0 unspecified atom stereocenters. The zero-order valence-corrected chi connectivity index (χ0v) is 11.5. The molecule has 1 aromatic rings. The fourth-order valence-corrected chi connectivity index (χ4v) is 2.17. The van der Waals surface area contributed by atoms with Crippen molar-refractivity contribution in [2.75, 3.05) is 19.6 Å². The maximum absolute atomic E-state index is 11.9. The van der Waals surface area contributed by atoms with Crippen LogP contribution in [0.1, 0.15) is 16.8 Å². The van der Waals surface area contributed by atoms with Gasteiger partial charge in [0.1, 0.15) is 5.75 Å². The number of benzene rings is 1. The Morgan fingerprint density at radius 3 is 3.06 bits per heavy atom. The summed E-state index contributed by atoms with van der Waals surface area (Å²) in [5, 5.41) is 15.7. The molecular formula is C13H15BrN2O2. The topological polar surface area (TPSA) is 61.4 Å². The van der Waals surface area contributed by atoms with Crippen molar-refractivity contribution in [1.29, 1.82) is 0 Å². The molecule has 0 aliphatic carbocycles. The van der Waals surface area contributed by atoms with Crippen molar-refractivity contribution in [3.63, 3.8) is 0 Å². The first kappa shape index (κ1) is 13.1. The van der Waals surface area contributed by atoms with E-state index in [1.807, 2.05) is 0 Å². The minimum Gasteiger partial charge on any atom is -0.507 e. The molecule has 1 heterocycles. The minimum atomic E-state index is -0.256. The van der Waals surface area contributed by atoms with Gasteiger partial charge in [0.25, 0.3) is 5.91 Å². The van der Waals surface area contributed by atoms with Crippen LogP contribution in [-0.2, 0) is 0 Å². The third-order valence-corrected chi connectivity index (χ3v) is 3.33. The average Bonchev–Trinajstić information content (AvgIpc) is 2.40. The van der Waals surface area contributed by atoms with Crippen molar-refractivity contribution >= 4 is 21.8 Å². The Morgan fingerprint density at radius 1 is 1.50 bits per heavy atom. The number of aromatic hydroxyl groups is 1. The van der Waals surface area contributed by atoms with Crippen LogP contribution in [-0.4, -0.2) is 30.6 Å². The Kier molecular flexibility index (Phi) is 4.38. The highest BCUT2D eigenvalue weighted by atomic mass is 79.9. The first-order valence-electron chi connectivity index (χ1n) is 5.82. The van der Waals surface area contributed by atoms with E-state index in [9.17, 15) is 9.90 Å². The number of carbonyl (C=O) groups is 1. The van der Waals surface area contributed by atoms with Gasteiger partial charge < -0.3 is 15.7 Å². The molecule has 1 aliphatic heterocycles. The predicted molar refractivity (Wildman–Crippen MR) is 73.7 cm³/mol. The molecule has 1 amide bonds. The van der Waals surface area contributed by atoms with Crippen LogP contribution < -0.4 is 10.6 Å². The van der Waals surface area contributed by atoms with Crippen LogP contribution in [0.5, 0.6) is 5.75 Å². The van der Waals surface area contributed by atoms with Gasteiger partial charge in [-0.2, -0.15) is 0 Å². The van der Waals surface area contributed by atoms with Gasteiger partial charge in [-0.15, -0.1) is 0 Å². The van der Waals surface area contributed by atoms with Gasteiger partial charge in [0.15, 0.2) is 0 Å². The Morgan fingerprint density at radius 2 is 2.33 bits per heavy atom. The van der Waals surface area contributed by atoms with E-state index >= 15 is 0 Å². The molecule has 0 saturated carbocycles. The van der Waals surface area contributed by atoms with E-state index in [2.05, 4.69) is 32.6 Å². The highest BCUT2D eigenvalue weighted by molar-refractivity contribution is 9.10. The summed E-state index contributed by atoms with van der Waals surface area (Å²) in [4.78, 5) is 11.9. The molecule has 96 valence electrons. The number of amides is 1. The summed E-state index contributed by atoms with van der Waals surface area (Å²) in [6.07, 6.45) is 3.04. The maximum atomic E-state index is 11.9. The van der Waals surface area contributed by atoms with Crippen molar-refractivity contribution in [3.8, 4) is 5.75 Å². The van der Waals surface area contributed by atoms with Crippen LogP contribution >= 0.6 is 15.9 Å². The average molecular weight is 311 g/mol. The van der Waals surface area contributed by atoms with Crippen LogP contribution in [0.3, 0.4) is 0 Å². The van der Waals surface area contributed by atoms with Crippen LogP contribution in [0.15, 0.2) is 34.3 Å². The quantitative estimate of drug-likeness (QED) is 0.746. The van der Waals surface area contributed by atoms with Gasteiger partial charge >= 0.3 is 0 Å². The smallest absolute Gasteiger partial charge is 0.255 e. The third-order valence-electron chi connectivity index (χ3n) is 2.84. The Hall–Kier alpha value is -1.33. The molecule has 0 spiro atoms. The lowest BCUT2D eigenvalue weighted by Gasteiger charge is -2.14. The molecule has 3 N–H and O–H groups in total. The number of phenols is 1. The number of hydrogen-bond donors (Lipinski definition) is 3. The van der Waals surface area contributed by atoms with E-state index in [-0.39, 0.29) is 11.7 Å². The number of phenolic OH excluding ortho intramolecular Hbond substituents is 1. The Balaban J connectivity index is 1.99. The molecule has 0 aromatic heterocycles. The number of hydrogen-bond acceptors (Lipinski definition) is 3. The molecule has 1 aromatic carbocycles. The molecular weight excluding hydrogens is 296 g/mol. The van der Waals surface area contributed by atoms with E-state index in [0.717, 1.165) is 24.0 Å². The van der Waals surface area contributed by atoms with Gasteiger partial charge in [-0.3, -0.25) is 4.79 Å². The van der Waals surface area contributed by atoms with Crippen molar-refractivity contribution < 1.29 is 9.90 Å². The third kappa shape index (κ3) is 3.34. The van der Waals surface area contributed by atoms with Gasteiger partial charge in [-0.1, -0.05) is 27.6 Å². The van der Waals surface area contributed by atoms with Gasteiger partial charge in [-0.25, -0.2) is 0 Å². The molecule has 2 rings (SSSR count). The molecule has 1 aliphatic rings. The van der Waals surface area contributed by atoms with Crippen LogP contribution in [0, 0.1) is 0 Å². The zero-order chi connectivity index (χ0) is 13.0. The predicted octanol–water partition coefficient (Wildman–Crippen LogP) is 1.80. The summed E-state index contributed by atoms with van der Waals surface area (Å²) in [7, 11) is 0. The second kappa shape index (κ2) is 6.02. The number of nitrogens with one attached hydrogen (secondary N) is 2. The van der Waals surface area contributed by atoms with E-state index < -0.39 is 0 Å². The second-order valence-electron chi connectivity index (χ2n) is 4.16. The first-order chi connectivity index (χ1) is 8.66. The monoisotopic (exact) mass is 310 g/mol. The molecule has 0 bridgehead atoms. The van der Waals surface area contributed by atoms with E-state index in [0.29, 0.717) is 12.1 Å².